The van der Waals surface area contributed by atoms with E-state index in [0.29, 0.717) is 5.82 Å². The number of rotatable bonds is 3. The highest BCUT2D eigenvalue weighted by molar-refractivity contribution is 5.80. The molecule has 96 valence electrons. The highest BCUT2D eigenvalue weighted by Gasteiger charge is 2.17. The number of carbonyl (C=O) groups is 1. The van der Waals surface area contributed by atoms with Crippen molar-refractivity contribution in [2.24, 2.45) is 0 Å². The third kappa shape index (κ3) is 1.97. The van der Waals surface area contributed by atoms with E-state index >= 15 is 0 Å². The summed E-state index contributed by atoms with van der Waals surface area (Å²) in [6, 6.07) is 5.78. The lowest BCUT2D eigenvalue weighted by molar-refractivity contribution is -0.138. The summed E-state index contributed by atoms with van der Waals surface area (Å²) in [6.07, 6.45) is 3.28. The zero-order valence-electron chi connectivity index (χ0n) is 10.2. The predicted molar refractivity (Wildman–Crippen MR) is 69.7 cm³/mol. The third-order valence-corrected chi connectivity index (χ3v) is 3.11. The first kappa shape index (κ1) is 11.5. The van der Waals surface area contributed by atoms with Crippen molar-refractivity contribution in [2.75, 3.05) is 0 Å². The van der Waals surface area contributed by atoms with Crippen molar-refractivity contribution in [3.05, 3.63) is 36.5 Å². The van der Waals surface area contributed by atoms with Gasteiger partial charge in [0.15, 0.2) is 0 Å². The zero-order valence-corrected chi connectivity index (χ0v) is 10.2. The smallest absolute Gasteiger partial charge is 0.313 e. The molecule has 0 aliphatic rings. The molecule has 6 nitrogen and oxygen atoms in total. The van der Waals surface area contributed by atoms with Gasteiger partial charge in [0.25, 0.3) is 0 Å². The molecule has 0 amide bonds. The molecule has 0 radical (unpaired) electrons. The van der Waals surface area contributed by atoms with E-state index in [-0.39, 0.29) is 0 Å². The van der Waals surface area contributed by atoms with Gasteiger partial charge in [-0.05, 0) is 19.1 Å². The Morgan fingerprint density at radius 1 is 1.37 bits per heavy atom. The van der Waals surface area contributed by atoms with Crippen LogP contribution in [0.25, 0.3) is 22.3 Å². The van der Waals surface area contributed by atoms with Gasteiger partial charge in [0, 0.05) is 5.56 Å². The molecular weight excluding hydrogens is 244 g/mol. The second kappa shape index (κ2) is 4.24. The fourth-order valence-electron chi connectivity index (χ4n) is 1.92. The summed E-state index contributed by atoms with van der Waals surface area (Å²) in [7, 11) is 0. The van der Waals surface area contributed by atoms with Gasteiger partial charge in [-0.1, -0.05) is 6.07 Å². The molecule has 0 fully saturated rings. The average Bonchev–Trinajstić information content (AvgIpc) is 3.05. The van der Waals surface area contributed by atoms with Gasteiger partial charge in [0.2, 0.25) is 0 Å². The van der Waals surface area contributed by atoms with E-state index in [9.17, 15) is 4.79 Å². The standard InChI is InChI=1S/C13H12N4O2/c1-7(13(18)19)12-14-5-11(17-12)8-2-3-9-10(4-8)16-6-15-9/h2-7H,1H3,(H,14,17)(H,15,16)(H,18,19). The molecule has 0 aliphatic heterocycles. The molecule has 2 aromatic heterocycles. The molecule has 0 spiro atoms. The number of nitrogens with one attached hydrogen (secondary N) is 2. The highest BCUT2D eigenvalue weighted by Crippen LogP contribution is 2.23. The highest BCUT2D eigenvalue weighted by atomic mass is 16.4. The third-order valence-electron chi connectivity index (χ3n) is 3.11. The van der Waals surface area contributed by atoms with E-state index in [1.807, 2.05) is 18.2 Å². The molecule has 1 atom stereocenters. The molecule has 3 aromatic rings. The molecular formula is C13H12N4O2. The van der Waals surface area contributed by atoms with Crippen molar-refractivity contribution in [3.8, 4) is 11.3 Å². The molecule has 3 rings (SSSR count). The van der Waals surface area contributed by atoms with Crippen LogP contribution in [-0.2, 0) is 4.79 Å². The zero-order chi connectivity index (χ0) is 13.4. The number of hydrogen-bond acceptors (Lipinski definition) is 3. The number of carboxylic acid groups (broad SMARTS) is 1. The van der Waals surface area contributed by atoms with E-state index in [0.717, 1.165) is 22.3 Å². The van der Waals surface area contributed by atoms with Crippen molar-refractivity contribution in [3.63, 3.8) is 0 Å². The van der Waals surface area contributed by atoms with Gasteiger partial charge in [0.05, 0.1) is 29.3 Å². The van der Waals surface area contributed by atoms with E-state index < -0.39 is 11.9 Å². The van der Waals surface area contributed by atoms with Crippen molar-refractivity contribution in [1.29, 1.82) is 0 Å². The number of aromatic nitrogens is 4. The lowest BCUT2D eigenvalue weighted by Gasteiger charge is -2.01. The first-order valence-electron chi connectivity index (χ1n) is 5.86. The summed E-state index contributed by atoms with van der Waals surface area (Å²) in [5, 5.41) is 8.96. The maximum atomic E-state index is 10.9. The lowest BCUT2D eigenvalue weighted by Crippen LogP contribution is -2.08. The van der Waals surface area contributed by atoms with Crippen molar-refractivity contribution in [2.45, 2.75) is 12.8 Å². The number of H-pyrrole nitrogens is 2. The maximum absolute atomic E-state index is 10.9. The second-order valence-electron chi connectivity index (χ2n) is 4.38. The number of imidazole rings is 2. The summed E-state index contributed by atoms with van der Waals surface area (Å²) in [5.41, 5.74) is 3.55. The van der Waals surface area contributed by atoms with Crippen LogP contribution < -0.4 is 0 Å². The Labute approximate surface area is 108 Å². The van der Waals surface area contributed by atoms with E-state index in [2.05, 4.69) is 19.9 Å². The summed E-state index contributed by atoms with van der Waals surface area (Å²) in [4.78, 5) is 25.3. The fourth-order valence-corrected chi connectivity index (χ4v) is 1.92. The van der Waals surface area contributed by atoms with Crippen LogP contribution in [0.2, 0.25) is 0 Å². The Hall–Kier alpha value is -2.63. The lowest BCUT2D eigenvalue weighted by atomic mass is 10.1. The van der Waals surface area contributed by atoms with Crippen LogP contribution in [0.5, 0.6) is 0 Å². The molecule has 2 heterocycles. The Balaban J connectivity index is 1.99. The average molecular weight is 256 g/mol. The van der Waals surface area contributed by atoms with Crippen LogP contribution in [0.15, 0.2) is 30.7 Å². The number of aromatic amines is 2. The van der Waals surface area contributed by atoms with Crippen LogP contribution in [0.1, 0.15) is 18.7 Å². The Kier molecular flexibility index (Phi) is 2.56. The summed E-state index contributed by atoms with van der Waals surface area (Å²) in [5.74, 6) is -1.10. The summed E-state index contributed by atoms with van der Waals surface area (Å²) in [6.45, 7) is 1.60. The van der Waals surface area contributed by atoms with Crippen LogP contribution in [0.3, 0.4) is 0 Å². The van der Waals surface area contributed by atoms with E-state index in [4.69, 9.17) is 5.11 Å². The monoisotopic (exact) mass is 256 g/mol. The van der Waals surface area contributed by atoms with Gasteiger partial charge in [-0.25, -0.2) is 9.97 Å². The first-order valence-corrected chi connectivity index (χ1v) is 5.86. The normalized spacial score (nSPS) is 12.7. The molecule has 6 heteroatoms. The van der Waals surface area contributed by atoms with Crippen LogP contribution in [-0.4, -0.2) is 31.0 Å². The van der Waals surface area contributed by atoms with Crippen LogP contribution >= 0.6 is 0 Å². The predicted octanol–water partition coefficient (Wildman–Crippen LogP) is 2.14. The number of hydrogen-bond donors (Lipinski definition) is 3. The molecule has 1 unspecified atom stereocenters. The Morgan fingerprint density at radius 3 is 3.00 bits per heavy atom. The van der Waals surface area contributed by atoms with Crippen molar-refractivity contribution >= 4 is 17.0 Å². The van der Waals surface area contributed by atoms with Gasteiger partial charge in [0.1, 0.15) is 11.7 Å². The van der Waals surface area contributed by atoms with Gasteiger partial charge in [-0.2, -0.15) is 0 Å². The van der Waals surface area contributed by atoms with Gasteiger partial charge < -0.3 is 15.1 Å². The minimum Gasteiger partial charge on any atom is -0.481 e. The first-order chi connectivity index (χ1) is 9.15. The summed E-state index contributed by atoms with van der Waals surface area (Å²) < 4.78 is 0. The maximum Gasteiger partial charge on any atom is 0.313 e. The van der Waals surface area contributed by atoms with Gasteiger partial charge >= 0.3 is 5.97 Å². The van der Waals surface area contributed by atoms with Crippen molar-refractivity contribution < 1.29 is 9.90 Å². The van der Waals surface area contributed by atoms with Crippen molar-refractivity contribution in [1.82, 2.24) is 19.9 Å². The number of aliphatic carboxylic acids is 1. The minimum atomic E-state index is -0.898. The Morgan fingerprint density at radius 2 is 2.21 bits per heavy atom. The molecule has 0 aliphatic carbocycles. The second-order valence-corrected chi connectivity index (χ2v) is 4.38. The molecule has 0 saturated heterocycles. The topological polar surface area (TPSA) is 94.7 Å². The van der Waals surface area contributed by atoms with E-state index in [1.165, 1.54) is 0 Å². The molecule has 3 N–H and O–H groups in total. The van der Waals surface area contributed by atoms with Crippen LogP contribution in [0, 0.1) is 0 Å². The number of fused-ring (bicyclic) bond motifs is 1. The molecule has 0 bridgehead atoms. The van der Waals surface area contributed by atoms with Gasteiger partial charge in [-0.3, -0.25) is 4.79 Å². The van der Waals surface area contributed by atoms with E-state index in [1.54, 1.807) is 19.4 Å². The largest absolute Gasteiger partial charge is 0.481 e. The molecule has 0 saturated carbocycles. The van der Waals surface area contributed by atoms with Crippen LogP contribution in [0.4, 0.5) is 0 Å². The minimum absolute atomic E-state index is 0.451. The SMILES string of the molecule is CC(C(=O)O)c1ncc(-c2ccc3nc[nH]c3c2)[nH]1. The summed E-state index contributed by atoms with van der Waals surface area (Å²) >= 11 is 0. The number of carboxylic acids is 1. The quantitative estimate of drug-likeness (QED) is 0.669. The number of nitrogens with zero attached hydrogens (tertiary/aromatic N) is 2. The number of benzene rings is 1. The van der Waals surface area contributed by atoms with Gasteiger partial charge in [-0.15, -0.1) is 0 Å². The molecule has 1 aromatic carbocycles. The fraction of sp³-hybridized carbons (Fsp3) is 0.154. The Bertz CT molecular complexity index is 744. The molecule has 19 heavy (non-hydrogen) atoms.